The van der Waals surface area contributed by atoms with E-state index in [1.165, 1.54) is 0 Å². The highest BCUT2D eigenvalue weighted by atomic mass is 16.3. The van der Waals surface area contributed by atoms with Gasteiger partial charge in [-0.05, 0) is 10.8 Å². The monoisotopic (exact) mass is 130 g/mol. The molecule has 0 heterocycles. The van der Waals surface area contributed by atoms with Gasteiger partial charge in [0.15, 0.2) is 0 Å². The summed E-state index contributed by atoms with van der Waals surface area (Å²) in [6.07, 6.45) is 0. The lowest BCUT2D eigenvalue weighted by atomic mass is 9.70. The van der Waals surface area contributed by atoms with Gasteiger partial charge in [0, 0.05) is 6.61 Å². The minimum atomic E-state index is 0.0347. The van der Waals surface area contributed by atoms with Crippen molar-refractivity contribution in [2.45, 2.75) is 34.6 Å². The second-order valence-electron chi connectivity index (χ2n) is 4.29. The van der Waals surface area contributed by atoms with Gasteiger partial charge in [-0.15, -0.1) is 0 Å². The summed E-state index contributed by atoms with van der Waals surface area (Å²) >= 11 is 0. The molecular weight excluding hydrogens is 112 g/mol. The lowest BCUT2D eigenvalue weighted by molar-refractivity contribution is 0.0503. The zero-order valence-corrected chi connectivity index (χ0v) is 7.15. The van der Waals surface area contributed by atoms with Crippen molar-refractivity contribution in [1.82, 2.24) is 0 Å². The molecule has 0 aromatic heterocycles. The molecule has 0 amide bonds. The normalized spacial score (nSPS) is 14.0. The van der Waals surface area contributed by atoms with Crippen LogP contribution in [0.4, 0.5) is 0 Å². The summed E-state index contributed by atoms with van der Waals surface area (Å²) < 4.78 is 0. The topological polar surface area (TPSA) is 20.2 Å². The molecule has 0 radical (unpaired) electrons. The summed E-state index contributed by atoms with van der Waals surface area (Å²) in [5.74, 6) is 0. The van der Waals surface area contributed by atoms with Crippen LogP contribution in [0.1, 0.15) is 34.6 Å². The maximum atomic E-state index is 8.93. The van der Waals surface area contributed by atoms with Crippen LogP contribution >= 0.6 is 0 Å². The SMILES string of the molecule is CC(C)(C)C(C)(C)CO. The Labute approximate surface area is 58.1 Å². The van der Waals surface area contributed by atoms with E-state index in [4.69, 9.17) is 5.11 Å². The Hall–Kier alpha value is -0.0400. The van der Waals surface area contributed by atoms with Gasteiger partial charge in [-0.25, -0.2) is 0 Å². The first kappa shape index (κ1) is 8.96. The first-order chi connectivity index (χ1) is 3.81. The lowest BCUT2D eigenvalue weighted by Gasteiger charge is -2.36. The highest BCUT2D eigenvalue weighted by Crippen LogP contribution is 2.36. The molecule has 9 heavy (non-hydrogen) atoms. The van der Waals surface area contributed by atoms with Crippen molar-refractivity contribution in [1.29, 1.82) is 0 Å². The molecule has 0 aliphatic rings. The molecule has 1 N–H and O–H groups in total. The van der Waals surface area contributed by atoms with Gasteiger partial charge >= 0.3 is 0 Å². The second kappa shape index (κ2) is 2.30. The van der Waals surface area contributed by atoms with Crippen molar-refractivity contribution in [3.8, 4) is 0 Å². The molecule has 0 aromatic carbocycles. The van der Waals surface area contributed by atoms with Crippen LogP contribution in [-0.2, 0) is 0 Å². The zero-order chi connectivity index (χ0) is 7.71. The van der Waals surface area contributed by atoms with Crippen LogP contribution in [0, 0.1) is 10.8 Å². The van der Waals surface area contributed by atoms with E-state index in [2.05, 4.69) is 34.6 Å². The first-order valence-corrected chi connectivity index (χ1v) is 3.42. The summed E-state index contributed by atoms with van der Waals surface area (Å²) in [6.45, 7) is 10.8. The van der Waals surface area contributed by atoms with Gasteiger partial charge in [0.05, 0.1) is 0 Å². The molecule has 0 saturated carbocycles. The summed E-state index contributed by atoms with van der Waals surface area (Å²) in [5.41, 5.74) is 0.231. The number of hydrogen-bond acceptors (Lipinski definition) is 1. The minimum absolute atomic E-state index is 0.0347. The molecule has 0 aromatic rings. The molecule has 1 heteroatoms. The molecule has 0 unspecified atom stereocenters. The molecule has 1 nitrogen and oxygen atoms in total. The van der Waals surface area contributed by atoms with E-state index in [9.17, 15) is 0 Å². The molecule has 0 saturated heterocycles. The van der Waals surface area contributed by atoms with E-state index in [0.717, 1.165) is 0 Å². The van der Waals surface area contributed by atoms with Gasteiger partial charge in [0.25, 0.3) is 0 Å². The number of aliphatic hydroxyl groups excluding tert-OH is 1. The van der Waals surface area contributed by atoms with Gasteiger partial charge in [-0.1, -0.05) is 34.6 Å². The van der Waals surface area contributed by atoms with E-state index >= 15 is 0 Å². The summed E-state index contributed by atoms with van der Waals surface area (Å²) in [7, 11) is 0. The fraction of sp³-hybridized carbons (Fsp3) is 1.00. The van der Waals surface area contributed by atoms with E-state index in [1.54, 1.807) is 0 Å². The summed E-state index contributed by atoms with van der Waals surface area (Å²) in [6, 6.07) is 0. The number of rotatable bonds is 1. The van der Waals surface area contributed by atoms with Gasteiger partial charge in [-0.3, -0.25) is 0 Å². The van der Waals surface area contributed by atoms with E-state index in [0.29, 0.717) is 0 Å². The molecule has 0 bridgehead atoms. The van der Waals surface area contributed by atoms with Gasteiger partial charge < -0.3 is 5.11 Å². The summed E-state index contributed by atoms with van der Waals surface area (Å²) in [4.78, 5) is 0. The van der Waals surface area contributed by atoms with Crippen LogP contribution in [-0.4, -0.2) is 11.7 Å². The van der Waals surface area contributed by atoms with Crippen molar-refractivity contribution in [2.75, 3.05) is 6.61 Å². The van der Waals surface area contributed by atoms with Crippen LogP contribution in [0.3, 0.4) is 0 Å². The molecule has 0 aliphatic heterocycles. The third-order valence-electron chi connectivity index (χ3n) is 2.43. The first-order valence-electron chi connectivity index (χ1n) is 3.42. The van der Waals surface area contributed by atoms with Crippen molar-refractivity contribution >= 4 is 0 Å². The van der Waals surface area contributed by atoms with Crippen molar-refractivity contribution in [2.24, 2.45) is 10.8 Å². The Morgan fingerprint density at radius 2 is 1.33 bits per heavy atom. The number of aliphatic hydroxyl groups is 1. The van der Waals surface area contributed by atoms with E-state index < -0.39 is 0 Å². The third-order valence-corrected chi connectivity index (χ3v) is 2.43. The van der Waals surface area contributed by atoms with E-state index in [-0.39, 0.29) is 17.4 Å². The predicted molar refractivity (Wildman–Crippen MR) is 40.3 cm³/mol. The second-order valence-corrected chi connectivity index (χ2v) is 4.29. The lowest BCUT2D eigenvalue weighted by Crippen LogP contribution is -2.32. The fourth-order valence-corrected chi connectivity index (χ4v) is 0.237. The maximum Gasteiger partial charge on any atom is 0.0487 e. The smallest absolute Gasteiger partial charge is 0.0487 e. The molecule has 0 rings (SSSR count). The fourth-order valence-electron chi connectivity index (χ4n) is 0.237. The third kappa shape index (κ3) is 1.98. The Balaban J connectivity index is 4.14. The minimum Gasteiger partial charge on any atom is -0.396 e. The predicted octanol–water partition coefficient (Wildman–Crippen LogP) is 2.05. The average Bonchev–Trinajstić information content (AvgIpc) is 1.64. The Morgan fingerprint density at radius 1 is 1.00 bits per heavy atom. The Morgan fingerprint density at radius 3 is 1.33 bits per heavy atom. The highest BCUT2D eigenvalue weighted by molar-refractivity contribution is 4.80. The molecular formula is C8H18O. The van der Waals surface area contributed by atoms with Crippen LogP contribution in [0.5, 0.6) is 0 Å². The quantitative estimate of drug-likeness (QED) is 0.576. The largest absolute Gasteiger partial charge is 0.396 e. The number of hydrogen-bond donors (Lipinski definition) is 1. The molecule has 0 atom stereocenters. The van der Waals surface area contributed by atoms with Gasteiger partial charge in [0.2, 0.25) is 0 Å². The average molecular weight is 130 g/mol. The Kier molecular flexibility index (Phi) is 2.29. The van der Waals surface area contributed by atoms with Crippen molar-refractivity contribution < 1.29 is 5.11 Å². The van der Waals surface area contributed by atoms with Crippen molar-refractivity contribution in [3.05, 3.63) is 0 Å². The zero-order valence-electron chi connectivity index (χ0n) is 7.15. The van der Waals surface area contributed by atoms with E-state index in [1.807, 2.05) is 0 Å². The van der Waals surface area contributed by atoms with Crippen LogP contribution in [0.2, 0.25) is 0 Å². The highest BCUT2D eigenvalue weighted by Gasteiger charge is 2.31. The molecule has 0 aliphatic carbocycles. The maximum absolute atomic E-state index is 8.93. The molecule has 0 spiro atoms. The van der Waals surface area contributed by atoms with Crippen LogP contribution < -0.4 is 0 Å². The van der Waals surface area contributed by atoms with Crippen LogP contribution in [0.25, 0.3) is 0 Å². The van der Waals surface area contributed by atoms with Gasteiger partial charge in [-0.2, -0.15) is 0 Å². The standard InChI is InChI=1S/C8H18O/c1-7(2,3)8(4,5)6-9/h9H,6H2,1-5H3. The molecule has 56 valence electrons. The van der Waals surface area contributed by atoms with Crippen molar-refractivity contribution in [3.63, 3.8) is 0 Å². The molecule has 0 fully saturated rings. The Bertz CT molecular complexity index is 87.2. The van der Waals surface area contributed by atoms with Crippen LogP contribution in [0.15, 0.2) is 0 Å². The summed E-state index contributed by atoms with van der Waals surface area (Å²) in [5, 5.41) is 8.93. The van der Waals surface area contributed by atoms with Gasteiger partial charge in [0.1, 0.15) is 0 Å².